The summed E-state index contributed by atoms with van der Waals surface area (Å²) < 4.78 is 0. The van der Waals surface area contributed by atoms with Gasteiger partial charge in [0.05, 0.1) is 0 Å². The van der Waals surface area contributed by atoms with Crippen molar-refractivity contribution in [3.05, 3.63) is 35.6 Å². The molecule has 0 amide bonds. The van der Waals surface area contributed by atoms with Gasteiger partial charge in [0.2, 0.25) is 0 Å². The number of fused-ring (bicyclic) bond motifs is 1. The molecule has 0 saturated heterocycles. The van der Waals surface area contributed by atoms with E-state index in [-0.39, 0.29) is 0 Å². The number of nitrogens with zero attached hydrogens (tertiary/aromatic N) is 1. The van der Waals surface area contributed by atoms with Crippen molar-refractivity contribution >= 4 is 0 Å². The molecule has 1 nitrogen and oxygen atoms in total. The molecule has 1 aliphatic heterocycles. The molecule has 1 heteroatoms. The van der Waals surface area contributed by atoms with Gasteiger partial charge in [-0.1, -0.05) is 18.2 Å². The zero-order valence-electron chi connectivity index (χ0n) is 7.75. The SMILES string of the molecule is CC(C)N1CCC=C2C=CC=C21. The highest BCUT2D eigenvalue weighted by atomic mass is 15.2. The fourth-order valence-electron chi connectivity index (χ4n) is 1.87. The van der Waals surface area contributed by atoms with Crippen molar-refractivity contribution in [2.75, 3.05) is 6.54 Å². The number of hydrogen-bond donors (Lipinski definition) is 0. The van der Waals surface area contributed by atoms with Crippen molar-refractivity contribution in [3.8, 4) is 0 Å². The summed E-state index contributed by atoms with van der Waals surface area (Å²) in [6, 6.07) is 0.625. The average molecular weight is 161 g/mol. The Morgan fingerprint density at radius 3 is 3.00 bits per heavy atom. The molecule has 0 unspecified atom stereocenters. The number of allylic oxidation sites excluding steroid dienone is 3. The van der Waals surface area contributed by atoms with Crippen LogP contribution >= 0.6 is 0 Å². The van der Waals surface area contributed by atoms with E-state index in [4.69, 9.17) is 0 Å². The van der Waals surface area contributed by atoms with E-state index in [1.807, 2.05) is 0 Å². The highest BCUT2D eigenvalue weighted by molar-refractivity contribution is 5.48. The van der Waals surface area contributed by atoms with Gasteiger partial charge in [0, 0.05) is 18.3 Å². The minimum atomic E-state index is 0.625. The van der Waals surface area contributed by atoms with Crippen LogP contribution in [0.3, 0.4) is 0 Å². The van der Waals surface area contributed by atoms with Gasteiger partial charge >= 0.3 is 0 Å². The molecule has 2 rings (SSSR count). The molecule has 0 saturated carbocycles. The topological polar surface area (TPSA) is 3.24 Å². The van der Waals surface area contributed by atoms with E-state index < -0.39 is 0 Å². The van der Waals surface area contributed by atoms with Crippen LogP contribution in [0.5, 0.6) is 0 Å². The molecule has 0 bridgehead atoms. The molecule has 0 aromatic rings. The Morgan fingerprint density at radius 2 is 2.25 bits per heavy atom. The molecule has 0 spiro atoms. The maximum absolute atomic E-state index is 2.47. The van der Waals surface area contributed by atoms with Gasteiger partial charge in [-0.05, 0) is 31.9 Å². The summed E-state index contributed by atoms with van der Waals surface area (Å²) in [5.74, 6) is 0. The van der Waals surface area contributed by atoms with Gasteiger partial charge in [0.15, 0.2) is 0 Å². The summed E-state index contributed by atoms with van der Waals surface area (Å²) >= 11 is 0. The van der Waals surface area contributed by atoms with E-state index >= 15 is 0 Å². The Labute approximate surface area is 74.1 Å². The predicted molar refractivity (Wildman–Crippen MR) is 51.8 cm³/mol. The van der Waals surface area contributed by atoms with Crippen LogP contribution in [-0.4, -0.2) is 17.5 Å². The molecule has 0 aromatic carbocycles. The van der Waals surface area contributed by atoms with Gasteiger partial charge in [0.1, 0.15) is 0 Å². The Bertz CT molecular complexity index is 269. The van der Waals surface area contributed by atoms with E-state index in [0.717, 1.165) is 0 Å². The predicted octanol–water partition coefficient (Wildman–Crippen LogP) is 2.48. The minimum Gasteiger partial charge on any atom is -0.368 e. The van der Waals surface area contributed by atoms with Crippen LogP contribution in [0.2, 0.25) is 0 Å². The van der Waals surface area contributed by atoms with E-state index in [9.17, 15) is 0 Å². The highest BCUT2D eigenvalue weighted by Gasteiger charge is 2.19. The molecule has 0 N–H and O–H groups in total. The largest absolute Gasteiger partial charge is 0.368 e. The zero-order valence-corrected chi connectivity index (χ0v) is 7.75. The summed E-state index contributed by atoms with van der Waals surface area (Å²) in [6.07, 6.45) is 10.1. The van der Waals surface area contributed by atoms with E-state index in [0.29, 0.717) is 6.04 Å². The molecule has 0 aromatic heterocycles. The first-order valence-electron chi connectivity index (χ1n) is 4.64. The van der Waals surface area contributed by atoms with Crippen LogP contribution in [0.1, 0.15) is 20.3 Å². The lowest BCUT2D eigenvalue weighted by Crippen LogP contribution is -2.33. The van der Waals surface area contributed by atoms with E-state index in [1.54, 1.807) is 0 Å². The Morgan fingerprint density at radius 1 is 1.42 bits per heavy atom. The van der Waals surface area contributed by atoms with Crippen LogP contribution in [-0.2, 0) is 0 Å². The maximum Gasteiger partial charge on any atom is 0.0439 e. The molecule has 2 aliphatic rings. The molecule has 0 fully saturated rings. The van der Waals surface area contributed by atoms with E-state index in [2.05, 4.69) is 43.1 Å². The summed E-state index contributed by atoms with van der Waals surface area (Å²) in [4.78, 5) is 2.47. The van der Waals surface area contributed by atoms with Crippen molar-refractivity contribution < 1.29 is 0 Å². The molecule has 1 heterocycles. The molecule has 0 atom stereocenters. The van der Waals surface area contributed by atoms with Crippen molar-refractivity contribution in [2.45, 2.75) is 26.3 Å². The van der Waals surface area contributed by atoms with Gasteiger partial charge in [-0.3, -0.25) is 0 Å². The third-order valence-corrected chi connectivity index (χ3v) is 2.49. The Hall–Kier alpha value is -0.980. The van der Waals surface area contributed by atoms with Gasteiger partial charge in [0.25, 0.3) is 0 Å². The second-order valence-electron chi connectivity index (χ2n) is 3.65. The first kappa shape index (κ1) is 7.66. The highest BCUT2D eigenvalue weighted by Crippen LogP contribution is 2.28. The number of hydrogen-bond acceptors (Lipinski definition) is 1. The summed E-state index contributed by atoms with van der Waals surface area (Å²) in [5, 5.41) is 0. The number of rotatable bonds is 1. The first-order valence-corrected chi connectivity index (χ1v) is 4.64. The lowest BCUT2D eigenvalue weighted by molar-refractivity contribution is 0.288. The normalized spacial score (nSPS) is 21.1. The minimum absolute atomic E-state index is 0.625. The molecule has 1 aliphatic carbocycles. The van der Waals surface area contributed by atoms with Crippen molar-refractivity contribution in [2.24, 2.45) is 0 Å². The van der Waals surface area contributed by atoms with Crippen molar-refractivity contribution in [1.29, 1.82) is 0 Å². The Balaban J connectivity index is 2.27. The molecular formula is C11H15N. The van der Waals surface area contributed by atoms with Gasteiger partial charge in [-0.2, -0.15) is 0 Å². The average Bonchev–Trinajstić information content (AvgIpc) is 2.49. The standard InChI is InChI=1S/C11H15N/c1-9(2)12-8-4-6-10-5-3-7-11(10)12/h3,5-7,9H,4,8H2,1-2H3. The lowest BCUT2D eigenvalue weighted by atomic mass is 10.1. The maximum atomic E-state index is 2.47. The lowest BCUT2D eigenvalue weighted by Gasteiger charge is -2.33. The summed E-state index contributed by atoms with van der Waals surface area (Å²) in [5.41, 5.74) is 2.83. The Kier molecular flexibility index (Phi) is 1.80. The van der Waals surface area contributed by atoms with Crippen molar-refractivity contribution in [1.82, 2.24) is 4.90 Å². The third-order valence-electron chi connectivity index (χ3n) is 2.49. The molecule has 0 radical (unpaired) electrons. The molecular weight excluding hydrogens is 146 g/mol. The summed E-state index contributed by atoms with van der Waals surface area (Å²) in [7, 11) is 0. The molecule has 64 valence electrons. The quantitative estimate of drug-likeness (QED) is 0.571. The van der Waals surface area contributed by atoms with Gasteiger partial charge in [-0.15, -0.1) is 0 Å². The zero-order chi connectivity index (χ0) is 8.55. The third kappa shape index (κ3) is 1.09. The van der Waals surface area contributed by atoms with Crippen LogP contribution < -0.4 is 0 Å². The smallest absolute Gasteiger partial charge is 0.0439 e. The van der Waals surface area contributed by atoms with E-state index in [1.165, 1.54) is 24.2 Å². The van der Waals surface area contributed by atoms with Crippen LogP contribution in [0.25, 0.3) is 0 Å². The second-order valence-corrected chi connectivity index (χ2v) is 3.65. The van der Waals surface area contributed by atoms with Crippen molar-refractivity contribution in [3.63, 3.8) is 0 Å². The van der Waals surface area contributed by atoms with Gasteiger partial charge < -0.3 is 4.90 Å². The summed E-state index contributed by atoms with van der Waals surface area (Å²) in [6.45, 7) is 5.68. The molecule has 12 heavy (non-hydrogen) atoms. The fourth-order valence-corrected chi connectivity index (χ4v) is 1.87. The van der Waals surface area contributed by atoms with Gasteiger partial charge in [-0.25, -0.2) is 0 Å². The second kappa shape index (κ2) is 2.81. The first-order chi connectivity index (χ1) is 5.79. The monoisotopic (exact) mass is 161 g/mol. The van der Waals surface area contributed by atoms with Crippen LogP contribution in [0.4, 0.5) is 0 Å². The van der Waals surface area contributed by atoms with Crippen LogP contribution in [0, 0.1) is 0 Å². The fraction of sp³-hybridized carbons (Fsp3) is 0.455. The van der Waals surface area contributed by atoms with Crippen LogP contribution in [0.15, 0.2) is 35.6 Å².